The second-order valence-corrected chi connectivity index (χ2v) is 8.51. The maximum atomic E-state index is 12.4. The Morgan fingerprint density at radius 3 is 3.00 bits per heavy atom. The molecule has 3 rings (SSSR count). The van der Waals surface area contributed by atoms with Crippen molar-refractivity contribution in [2.75, 3.05) is 6.61 Å². The Hall–Kier alpha value is -2.79. The maximum absolute atomic E-state index is 12.4. The van der Waals surface area contributed by atoms with Gasteiger partial charge < -0.3 is 19.3 Å². The molecule has 30 heavy (non-hydrogen) atoms. The molecular formula is C16H19N6O7P. The molecule has 1 fully saturated rings. The third-order valence-corrected chi connectivity index (χ3v) is 6.01. The predicted octanol–water partition coefficient (Wildman–Crippen LogP) is 1.10. The summed E-state index contributed by atoms with van der Waals surface area (Å²) >= 11 is 0. The Kier molecular flexibility index (Phi) is 6.52. The van der Waals surface area contributed by atoms with Gasteiger partial charge in [0, 0.05) is 41.0 Å². The Morgan fingerprint density at radius 2 is 2.33 bits per heavy atom. The van der Waals surface area contributed by atoms with E-state index in [1.54, 1.807) is 0 Å². The normalized spacial score (nSPS) is 24.0. The van der Waals surface area contributed by atoms with Crippen LogP contribution in [0.15, 0.2) is 45.4 Å². The van der Waals surface area contributed by atoms with Crippen LogP contribution in [0.5, 0.6) is 0 Å². The first-order chi connectivity index (χ1) is 14.2. The van der Waals surface area contributed by atoms with Crippen LogP contribution in [0, 0.1) is 6.92 Å². The molecule has 13 nitrogen and oxygen atoms in total. The number of hydrogen-bond acceptors (Lipinski definition) is 8. The average Bonchev–Trinajstić information content (AvgIpc) is 3.12. The van der Waals surface area contributed by atoms with Crippen molar-refractivity contribution >= 4 is 7.60 Å². The van der Waals surface area contributed by atoms with E-state index in [0.717, 1.165) is 4.57 Å². The van der Waals surface area contributed by atoms with Gasteiger partial charge in [-0.3, -0.25) is 23.9 Å². The van der Waals surface area contributed by atoms with Crippen molar-refractivity contribution in [2.24, 2.45) is 5.11 Å². The molecule has 3 heterocycles. The molecule has 1 aliphatic heterocycles. The van der Waals surface area contributed by atoms with Crippen LogP contribution in [0.3, 0.4) is 0 Å². The van der Waals surface area contributed by atoms with E-state index in [-0.39, 0.29) is 17.5 Å². The zero-order valence-electron chi connectivity index (χ0n) is 15.7. The molecule has 160 valence electrons. The number of aliphatic hydroxyl groups excluding tert-OH is 1. The largest absolute Gasteiger partial charge is 0.376 e. The molecule has 2 aromatic rings. The molecule has 0 aromatic carbocycles. The first-order valence-electron chi connectivity index (χ1n) is 8.79. The zero-order valence-corrected chi connectivity index (χ0v) is 16.6. The number of ether oxygens (including phenoxy) is 1. The number of aliphatic hydroxyl groups is 1. The molecule has 0 aliphatic carbocycles. The fraction of sp³-hybridized carbons (Fsp3) is 0.438. The van der Waals surface area contributed by atoms with Crippen LogP contribution in [-0.4, -0.2) is 43.3 Å². The minimum atomic E-state index is -4.53. The number of rotatable bonds is 7. The molecule has 2 aromatic heterocycles. The Bertz CT molecular complexity index is 1110. The first-order valence-corrected chi connectivity index (χ1v) is 10.4. The average molecular weight is 438 g/mol. The van der Waals surface area contributed by atoms with Gasteiger partial charge >= 0.3 is 13.3 Å². The second kappa shape index (κ2) is 8.92. The lowest BCUT2D eigenvalue weighted by atomic mass is 10.1. The maximum Gasteiger partial charge on any atom is 0.361 e. The van der Waals surface area contributed by atoms with E-state index in [1.807, 2.05) is 0 Å². The van der Waals surface area contributed by atoms with Gasteiger partial charge in [-0.15, -0.1) is 0 Å². The van der Waals surface area contributed by atoms with Gasteiger partial charge in [0.2, 0.25) is 0 Å². The number of pyridine rings is 1. The lowest BCUT2D eigenvalue weighted by Gasteiger charge is -2.21. The summed E-state index contributed by atoms with van der Waals surface area (Å²) in [6.07, 6.45) is 2.20. The third-order valence-electron chi connectivity index (χ3n) is 4.58. The van der Waals surface area contributed by atoms with Gasteiger partial charge in [-0.1, -0.05) is 11.2 Å². The highest BCUT2D eigenvalue weighted by Crippen LogP contribution is 2.55. The molecule has 0 spiro atoms. The van der Waals surface area contributed by atoms with Crippen LogP contribution < -0.4 is 11.2 Å². The summed E-state index contributed by atoms with van der Waals surface area (Å²) in [4.78, 5) is 42.4. The van der Waals surface area contributed by atoms with Gasteiger partial charge in [0.15, 0.2) is 5.85 Å². The summed E-state index contributed by atoms with van der Waals surface area (Å²) in [7, 11) is -4.53. The van der Waals surface area contributed by atoms with Crippen molar-refractivity contribution < 1.29 is 23.8 Å². The molecule has 1 saturated heterocycles. The molecule has 5 atom stereocenters. The van der Waals surface area contributed by atoms with Gasteiger partial charge in [0.05, 0.1) is 18.8 Å². The Morgan fingerprint density at radius 1 is 1.57 bits per heavy atom. The molecule has 0 saturated carbocycles. The SMILES string of the molecule is Cc1cn([C@H]2C[C@H](N=[N+]=[N-])[C@@H](COP(=O)(O)C(O)c3cccnc3)O2)c(=O)[nH]c1=O. The monoisotopic (exact) mass is 438 g/mol. The summed E-state index contributed by atoms with van der Waals surface area (Å²) in [5, 5.41) is 13.7. The smallest absolute Gasteiger partial charge is 0.361 e. The van der Waals surface area contributed by atoms with Crippen molar-refractivity contribution in [3.63, 3.8) is 0 Å². The van der Waals surface area contributed by atoms with Crippen LogP contribution in [0.2, 0.25) is 0 Å². The number of nitrogens with one attached hydrogen (secondary N) is 1. The standard InChI is InChI=1S/C16H19N6O7P/c1-9-7-22(16(25)19-14(9)23)13-5-11(20-21-17)12(29-13)8-28-30(26,27)15(24)10-3-2-4-18-6-10/h2-4,6-7,11-13,15,24H,5,8H2,1H3,(H,26,27)(H,19,23,25)/t11-,12+,13+,15?/m0/s1. The van der Waals surface area contributed by atoms with Crippen molar-refractivity contribution in [3.8, 4) is 0 Å². The van der Waals surface area contributed by atoms with E-state index >= 15 is 0 Å². The summed E-state index contributed by atoms with van der Waals surface area (Å²) in [5.74, 6) is -1.83. The third kappa shape index (κ3) is 4.68. The van der Waals surface area contributed by atoms with Crippen LogP contribution in [0.4, 0.5) is 0 Å². The van der Waals surface area contributed by atoms with E-state index in [4.69, 9.17) is 14.8 Å². The quantitative estimate of drug-likeness (QED) is 0.247. The van der Waals surface area contributed by atoms with Crippen LogP contribution in [-0.2, 0) is 13.8 Å². The first kappa shape index (κ1) is 21.9. The highest BCUT2D eigenvalue weighted by atomic mass is 31.2. The van der Waals surface area contributed by atoms with E-state index in [1.165, 1.54) is 37.6 Å². The Labute approximate surface area is 169 Å². The van der Waals surface area contributed by atoms with E-state index in [2.05, 4.69) is 20.0 Å². The number of aromatic nitrogens is 3. The van der Waals surface area contributed by atoms with Gasteiger partial charge in [0.1, 0.15) is 6.23 Å². The highest BCUT2D eigenvalue weighted by Gasteiger charge is 2.40. The van der Waals surface area contributed by atoms with E-state index < -0.39 is 49.7 Å². The van der Waals surface area contributed by atoms with Crippen molar-refractivity contribution in [1.29, 1.82) is 0 Å². The summed E-state index contributed by atoms with van der Waals surface area (Å²) in [5.41, 5.74) is 7.92. The van der Waals surface area contributed by atoms with E-state index in [9.17, 15) is 24.2 Å². The number of hydrogen-bond donors (Lipinski definition) is 3. The fourth-order valence-electron chi connectivity index (χ4n) is 2.99. The molecule has 3 N–H and O–H groups in total. The molecule has 2 unspecified atom stereocenters. The van der Waals surface area contributed by atoms with Crippen LogP contribution >= 0.6 is 7.60 Å². The summed E-state index contributed by atoms with van der Waals surface area (Å²) in [6, 6.07) is 2.10. The van der Waals surface area contributed by atoms with E-state index in [0.29, 0.717) is 0 Å². The molecule has 0 radical (unpaired) electrons. The minimum Gasteiger partial charge on any atom is -0.376 e. The van der Waals surface area contributed by atoms with Gasteiger partial charge in [-0.05, 0) is 18.5 Å². The number of aryl methyl sites for hydroxylation is 1. The molecule has 0 amide bonds. The van der Waals surface area contributed by atoms with Crippen LogP contribution in [0.25, 0.3) is 10.4 Å². The molecule has 0 bridgehead atoms. The minimum absolute atomic E-state index is 0.0738. The van der Waals surface area contributed by atoms with Gasteiger partial charge in [-0.25, -0.2) is 4.79 Å². The zero-order chi connectivity index (χ0) is 21.9. The molecular weight excluding hydrogens is 419 g/mol. The number of aromatic amines is 1. The lowest BCUT2D eigenvalue weighted by molar-refractivity contribution is -0.0255. The van der Waals surface area contributed by atoms with Gasteiger partial charge in [0.25, 0.3) is 5.56 Å². The van der Waals surface area contributed by atoms with Gasteiger partial charge in [-0.2, -0.15) is 0 Å². The number of azide groups is 1. The lowest BCUT2D eigenvalue weighted by Crippen LogP contribution is -2.33. The molecule has 14 heteroatoms. The van der Waals surface area contributed by atoms with Crippen LogP contribution in [0.1, 0.15) is 29.6 Å². The van der Waals surface area contributed by atoms with Crippen molar-refractivity contribution in [3.05, 3.63) is 73.1 Å². The highest BCUT2D eigenvalue weighted by molar-refractivity contribution is 7.53. The summed E-state index contributed by atoms with van der Waals surface area (Å²) in [6.45, 7) is 1.03. The fourth-order valence-corrected chi connectivity index (χ4v) is 4.02. The van der Waals surface area contributed by atoms with Crippen molar-refractivity contribution in [1.82, 2.24) is 14.5 Å². The number of nitrogens with zero attached hydrogens (tertiary/aromatic N) is 5. The number of H-pyrrole nitrogens is 1. The van der Waals surface area contributed by atoms with Crippen molar-refractivity contribution in [2.45, 2.75) is 37.6 Å². The summed E-state index contributed by atoms with van der Waals surface area (Å²) < 4.78 is 24.3. The second-order valence-electron chi connectivity index (χ2n) is 6.64. The predicted molar refractivity (Wildman–Crippen MR) is 102 cm³/mol. The Balaban J connectivity index is 1.76. The topological polar surface area (TPSA) is 192 Å². The molecule has 1 aliphatic rings.